The molecule has 4 nitrogen and oxygen atoms in total. The molecule has 3 aromatic carbocycles. The Morgan fingerprint density at radius 1 is 0.735 bits per heavy atom. The van der Waals surface area contributed by atoms with Gasteiger partial charge in [0.25, 0.3) is 0 Å². The van der Waals surface area contributed by atoms with Gasteiger partial charge in [-0.25, -0.2) is 16.8 Å². The van der Waals surface area contributed by atoms with Crippen molar-refractivity contribution >= 4 is 29.7 Å². The van der Waals surface area contributed by atoms with E-state index < -0.39 is 29.7 Å². The molecular weight excluding hydrogens is 665 g/mol. The maximum atomic E-state index is 13.6. The Balaban J connectivity index is 1.24. The summed E-state index contributed by atoms with van der Waals surface area (Å²) in [7, 11) is -8.67. The molecule has 0 aromatic heterocycles. The molecule has 0 amide bonds. The molecule has 49 heavy (non-hydrogen) atoms. The van der Waals surface area contributed by atoms with Gasteiger partial charge in [0.05, 0.1) is 19.6 Å². The van der Waals surface area contributed by atoms with Crippen LogP contribution in [0.3, 0.4) is 0 Å². The van der Waals surface area contributed by atoms with Crippen molar-refractivity contribution in [2.45, 2.75) is 52.7 Å². The van der Waals surface area contributed by atoms with Crippen LogP contribution in [0.2, 0.25) is 0 Å². The van der Waals surface area contributed by atoms with Gasteiger partial charge in [0, 0.05) is 11.8 Å². The Labute approximate surface area is 292 Å². The Morgan fingerprint density at radius 2 is 1.37 bits per heavy atom. The fourth-order valence-electron chi connectivity index (χ4n) is 7.76. The molecule has 2 aliphatic carbocycles. The second-order valence-electron chi connectivity index (χ2n) is 12.8. The van der Waals surface area contributed by atoms with Gasteiger partial charge in [-0.1, -0.05) is 111 Å². The molecule has 3 atom stereocenters. The minimum atomic E-state index is -3.70. The Hall–Kier alpha value is -4.17. The standard InChI is InChI=1S/C42H40O4S3/c1-5-33-37(6-2)48(43,44)38-20-11-8-17-34(38)41(33)29-15-14-16-31(26-23-29)47(4,7-3)32-27-24-30(25-28-32)42-35-18-9-12-21-39(35)49(45,46)40-22-13-10-19-36(40)42/h5-6,8-9,11-12,15-28,41-42H,1-2,7,10,13-14H2,3-4H3. The van der Waals surface area contributed by atoms with Crippen molar-refractivity contribution in [3.8, 4) is 0 Å². The summed E-state index contributed by atoms with van der Waals surface area (Å²) >= 11 is 0. The van der Waals surface area contributed by atoms with Crippen molar-refractivity contribution in [2.24, 2.45) is 0 Å². The topological polar surface area (TPSA) is 68.3 Å². The smallest absolute Gasteiger partial charge is 0.207 e. The van der Waals surface area contributed by atoms with Gasteiger partial charge >= 0.3 is 0 Å². The average molecular weight is 705 g/mol. The highest BCUT2D eigenvalue weighted by Crippen LogP contribution is 2.61. The summed E-state index contributed by atoms with van der Waals surface area (Å²) in [5.74, 6) is 0.539. The molecule has 250 valence electrons. The zero-order valence-electron chi connectivity index (χ0n) is 27.8. The van der Waals surface area contributed by atoms with E-state index >= 15 is 0 Å². The molecule has 0 fully saturated rings. The van der Waals surface area contributed by atoms with Gasteiger partial charge in [0.15, 0.2) is 0 Å². The quantitative estimate of drug-likeness (QED) is 0.246. The average Bonchev–Trinajstić information content (AvgIpc) is 3.38. The number of hydrogen-bond donors (Lipinski definition) is 0. The predicted molar refractivity (Wildman–Crippen MR) is 203 cm³/mol. The van der Waals surface area contributed by atoms with Gasteiger partial charge < -0.3 is 0 Å². The van der Waals surface area contributed by atoms with Crippen molar-refractivity contribution in [1.29, 1.82) is 0 Å². The van der Waals surface area contributed by atoms with E-state index in [-0.39, 0.29) is 16.7 Å². The maximum absolute atomic E-state index is 13.6. The highest BCUT2D eigenvalue weighted by Gasteiger charge is 2.40. The van der Waals surface area contributed by atoms with Gasteiger partial charge in [0.1, 0.15) is 0 Å². The van der Waals surface area contributed by atoms with Crippen molar-refractivity contribution in [3.05, 3.63) is 183 Å². The molecule has 2 heterocycles. The zero-order valence-corrected chi connectivity index (χ0v) is 30.3. The van der Waals surface area contributed by atoms with Crippen LogP contribution in [0.1, 0.15) is 54.7 Å². The first-order chi connectivity index (χ1) is 23.6. The van der Waals surface area contributed by atoms with E-state index in [9.17, 15) is 16.8 Å². The van der Waals surface area contributed by atoms with Crippen LogP contribution in [0.5, 0.6) is 0 Å². The predicted octanol–water partition coefficient (Wildman–Crippen LogP) is 9.99. The largest absolute Gasteiger partial charge is 0.219 e. The van der Waals surface area contributed by atoms with Gasteiger partial charge in [0.2, 0.25) is 19.7 Å². The van der Waals surface area contributed by atoms with Crippen LogP contribution in [0.4, 0.5) is 0 Å². The lowest BCUT2D eigenvalue weighted by Crippen LogP contribution is -2.23. The van der Waals surface area contributed by atoms with Crippen molar-refractivity contribution in [1.82, 2.24) is 0 Å². The molecule has 0 saturated carbocycles. The molecule has 2 aliphatic heterocycles. The third-order valence-corrected chi connectivity index (χ3v) is 18.0. The van der Waals surface area contributed by atoms with Gasteiger partial charge in [-0.2, -0.15) is 10.0 Å². The second kappa shape index (κ2) is 12.6. The first-order valence-corrected chi connectivity index (χ1v) is 21.8. The summed E-state index contributed by atoms with van der Waals surface area (Å²) in [5, 5.41) is 0. The van der Waals surface area contributed by atoms with E-state index in [0.29, 0.717) is 26.7 Å². The number of hydrogen-bond acceptors (Lipinski definition) is 4. The lowest BCUT2D eigenvalue weighted by atomic mass is 9.82. The summed E-state index contributed by atoms with van der Waals surface area (Å²) in [6.07, 6.45) is 20.6. The van der Waals surface area contributed by atoms with E-state index in [1.165, 1.54) is 15.9 Å². The van der Waals surface area contributed by atoms with Crippen molar-refractivity contribution < 1.29 is 16.8 Å². The van der Waals surface area contributed by atoms with Crippen LogP contribution in [-0.2, 0) is 19.7 Å². The summed E-state index contributed by atoms with van der Waals surface area (Å²) in [4.78, 5) is 3.93. The van der Waals surface area contributed by atoms with E-state index in [4.69, 9.17) is 0 Å². The monoisotopic (exact) mass is 704 g/mol. The normalized spacial score (nSPS) is 23.9. The summed E-state index contributed by atoms with van der Waals surface area (Å²) in [5.41, 5.74) is 5.26. The minimum Gasteiger partial charge on any atom is -0.219 e. The maximum Gasteiger partial charge on any atom is 0.207 e. The van der Waals surface area contributed by atoms with Crippen LogP contribution in [0, 0.1) is 0 Å². The Bertz CT molecular complexity index is 2310. The molecule has 0 radical (unpaired) electrons. The SMILES string of the molecule is C=CC1=C(C=C)S(=O)(=O)c2ccccc2C1C1=CCC=C(S(C)(CC)c2ccc(C3C4=CCCC=C4S(=O)(=O)c4ccccc43)cc2)C=C1. The molecule has 0 spiro atoms. The molecule has 0 bridgehead atoms. The fourth-order valence-corrected chi connectivity index (χ4v) is 13.8. The van der Waals surface area contributed by atoms with Crippen LogP contribution in [0.25, 0.3) is 0 Å². The van der Waals surface area contributed by atoms with Crippen molar-refractivity contribution in [3.63, 3.8) is 0 Å². The highest BCUT2D eigenvalue weighted by molar-refractivity contribution is 8.36. The van der Waals surface area contributed by atoms with E-state index in [1.54, 1.807) is 30.3 Å². The van der Waals surface area contributed by atoms with Crippen LogP contribution in [0.15, 0.2) is 181 Å². The number of rotatable bonds is 7. The summed E-state index contributed by atoms with van der Waals surface area (Å²) in [6.45, 7) is 10.1. The molecule has 3 aromatic rings. The van der Waals surface area contributed by atoms with Gasteiger partial charge in [-0.3, -0.25) is 0 Å². The first-order valence-electron chi connectivity index (χ1n) is 16.6. The second-order valence-corrected chi connectivity index (χ2v) is 20.3. The third-order valence-electron chi connectivity index (χ3n) is 10.4. The number of benzene rings is 3. The lowest BCUT2D eigenvalue weighted by Gasteiger charge is -2.38. The molecule has 4 aliphatic rings. The molecule has 7 rings (SSSR count). The van der Waals surface area contributed by atoms with Gasteiger partial charge in [-0.05, 0) is 105 Å². The van der Waals surface area contributed by atoms with Crippen LogP contribution >= 0.6 is 10.0 Å². The number of sulfone groups is 2. The molecule has 7 heteroatoms. The molecule has 0 N–H and O–H groups in total. The highest BCUT2D eigenvalue weighted by atomic mass is 32.3. The minimum absolute atomic E-state index is 0.137. The number of fused-ring (bicyclic) bond motifs is 3. The Kier molecular flexibility index (Phi) is 8.58. The first kappa shape index (κ1) is 33.3. The van der Waals surface area contributed by atoms with Crippen molar-refractivity contribution in [2.75, 3.05) is 12.0 Å². The van der Waals surface area contributed by atoms with Gasteiger partial charge in [-0.15, -0.1) is 0 Å². The zero-order chi connectivity index (χ0) is 34.6. The molecule has 3 unspecified atom stereocenters. The molecule has 0 saturated heterocycles. The summed E-state index contributed by atoms with van der Waals surface area (Å²) in [6, 6.07) is 23.5. The number of allylic oxidation sites excluding steroid dienone is 11. The van der Waals surface area contributed by atoms with Crippen LogP contribution in [-0.4, -0.2) is 28.8 Å². The van der Waals surface area contributed by atoms with E-state index in [0.717, 1.165) is 46.4 Å². The summed E-state index contributed by atoms with van der Waals surface area (Å²) < 4.78 is 54.1. The molecular formula is C42H40O4S3. The van der Waals surface area contributed by atoms with E-state index in [2.05, 4.69) is 81.0 Å². The van der Waals surface area contributed by atoms with Crippen LogP contribution < -0.4 is 0 Å². The third kappa shape index (κ3) is 5.25. The lowest BCUT2D eigenvalue weighted by molar-refractivity contribution is 0.596. The fraction of sp³-hybridized carbons (Fsp3) is 0.190. The Morgan fingerprint density at radius 3 is 2.02 bits per heavy atom. The van der Waals surface area contributed by atoms with E-state index in [1.807, 2.05) is 30.3 Å².